The van der Waals surface area contributed by atoms with E-state index in [1.165, 1.54) is 0 Å². The van der Waals surface area contributed by atoms with Crippen LogP contribution in [0.3, 0.4) is 0 Å². The van der Waals surface area contributed by atoms with Gasteiger partial charge in [0.1, 0.15) is 0 Å². The summed E-state index contributed by atoms with van der Waals surface area (Å²) in [6, 6.07) is 9.07. The fourth-order valence-electron chi connectivity index (χ4n) is 1.06. The molecule has 0 aliphatic rings. The van der Waals surface area contributed by atoms with Crippen LogP contribution in [0.2, 0.25) is 0 Å². The van der Waals surface area contributed by atoms with Crippen LogP contribution in [0.4, 0.5) is 0 Å². The first-order chi connectivity index (χ1) is 6.61. The van der Waals surface area contributed by atoms with Crippen LogP contribution in [0, 0.1) is 5.92 Å². The van der Waals surface area contributed by atoms with Crippen LogP contribution >= 0.6 is 0 Å². The lowest BCUT2D eigenvalue weighted by atomic mass is 10.0. The van der Waals surface area contributed by atoms with Gasteiger partial charge in [0.25, 0.3) is 0 Å². The van der Waals surface area contributed by atoms with Crippen molar-refractivity contribution in [1.29, 1.82) is 0 Å². The van der Waals surface area contributed by atoms with Crippen LogP contribution in [0.5, 0.6) is 0 Å². The normalized spacial score (nSPS) is 13.9. The molecule has 1 heteroatoms. The van der Waals surface area contributed by atoms with Gasteiger partial charge in [-0.05, 0) is 12.3 Å². The Morgan fingerprint density at radius 1 is 1.38 bits per heavy atom. The standard InChI is InChI=1S/C12H16O/c1-10(2)8-9-12(13)11-6-4-3-5-7-11/h3-7,10H,8-9H2,1-2H3/i9D/t9-/m0/s1. The van der Waals surface area contributed by atoms with E-state index in [1.54, 1.807) is 12.1 Å². The third-order valence-corrected chi connectivity index (χ3v) is 1.83. The van der Waals surface area contributed by atoms with E-state index >= 15 is 0 Å². The number of rotatable bonds is 4. The van der Waals surface area contributed by atoms with Crippen LogP contribution in [-0.2, 0) is 0 Å². The van der Waals surface area contributed by atoms with Gasteiger partial charge < -0.3 is 0 Å². The van der Waals surface area contributed by atoms with E-state index in [0.29, 0.717) is 17.9 Å². The third-order valence-electron chi connectivity index (χ3n) is 1.83. The highest BCUT2D eigenvalue weighted by molar-refractivity contribution is 5.95. The molecule has 0 aliphatic heterocycles. The van der Waals surface area contributed by atoms with Crippen molar-refractivity contribution < 1.29 is 6.17 Å². The zero-order valence-electron chi connectivity index (χ0n) is 9.16. The van der Waals surface area contributed by atoms with E-state index in [2.05, 4.69) is 0 Å². The van der Waals surface area contributed by atoms with Crippen molar-refractivity contribution in [3.05, 3.63) is 35.9 Å². The summed E-state index contributed by atoms with van der Waals surface area (Å²) < 4.78 is 7.70. The molecule has 1 rings (SSSR count). The summed E-state index contributed by atoms with van der Waals surface area (Å²) in [6.45, 7) is 4.06. The Hall–Kier alpha value is -1.11. The number of ketones is 1. The molecule has 0 unspecified atom stereocenters. The highest BCUT2D eigenvalue weighted by atomic mass is 16.1. The Bertz CT molecular complexity index is 292. The Morgan fingerprint density at radius 2 is 2.00 bits per heavy atom. The minimum absolute atomic E-state index is 0.0701. The maximum atomic E-state index is 11.7. The molecule has 0 radical (unpaired) electrons. The van der Waals surface area contributed by atoms with Crippen molar-refractivity contribution in [2.45, 2.75) is 26.7 Å². The maximum absolute atomic E-state index is 11.7. The molecule has 0 aliphatic carbocycles. The SMILES string of the molecule is [2H][C@@H](CC(C)C)C(=O)c1ccccc1. The fourth-order valence-corrected chi connectivity index (χ4v) is 1.06. The quantitative estimate of drug-likeness (QED) is 0.645. The highest BCUT2D eigenvalue weighted by Gasteiger charge is 2.05. The number of hydrogen-bond acceptors (Lipinski definition) is 1. The number of Topliss-reactive ketones (excluding diaryl/α,β-unsaturated/α-hetero) is 1. The molecule has 0 aromatic heterocycles. The molecule has 1 nitrogen and oxygen atoms in total. The number of benzene rings is 1. The first-order valence-electron chi connectivity index (χ1n) is 5.20. The Balaban J connectivity index is 2.66. The van der Waals surface area contributed by atoms with Gasteiger partial charge in [0.15, 0.2) is 5.78 Å². The smallest absolute Gasteiger partial charge is 0.162 e. The fraction of sp³-hybridized carbons (Fsp3) is 0.417. The van der Waals surface area contributed by atoms with Crippen molar-refractivity contribution in [3.8, 4) is 0 Å². The van der Waals surface area contributed by atoms with Crippen LogP contribution in [-0.4, -0.2) is 5.78 Å². The van der Waals surface area contributed by atoms with Gasteiger partial charge >= 0.3 is 0 Å². The molecule has 0 fully saturated rings. The average Bonchev–Trinajstić information content (AvgIpc) is 2.17. The summed E-state index contributed by atoms with van der Waals surface area (Å²) in [5.41, 5.74) is 0.646. The van der Waals surface area contributed by atoms with Crippen molar-refractivity contribution in [2.75, 3.05) is 0 Å². The van der Waals surface area contributed by atoms with Gasteiger partial charge in [-0.25, -0.2) is 0 Å². The summed E-state index contributed by atoms with van der Waals surface area (Å²) in [5.74, 6) is 0.324. The molecule has 0 spiro atoms. The van der Waals surface area contributed by atoms with Crippen molar-refractivity contribution in [3.63, 3.8) is 0 Å². The van der Waals surface area contributed by atoms with Crippen LogP contribution in [0.1, 0.15) is 38.4 Å². The largest absolute Gasteiger partial charge is 0.294 e. The van der Waals surface area contributed by atoms with E-state index in [0.717, 1.165) is 0 Å². The second kappa shape index (κ2) is 4.80. The van der Waals surface area contributed by atoms with Gasteiger partial charge in [-0.2, -0.15) is 0 Å². The van der Waals surface area contributed by atoms with Gasteiger partial charge in [0, 0.05) is 13.3 Å². The third kappa shape index (κ3) is 3.41. The topological polar surface area (TPSA) is 17.1 Å². The van der Waals surface area contributed by atoms with Crippen molar-refractivity contribution in [2.24, 2.45) is 5.92 Å². The summed E-state index contributed by atoms with van der Waals surface area (Å²) in [6.07, 6.45) is 0.0191. The van der Waals surface area contributed by atoms with E-state index < -0.39 is 6.40 Å². The van der Waals surface area contributed by atoms with Gasteiger partial charge in [-0.3, -0.25) is 4.79 Å². The second-order valence-electron chi connectivity index (χ2n) is 3.56. The molecule has 0 N–H and O–H groups in total. The zero-order chi connectivity index (χ0) is 10.6. The molecule has 0 amide bonds. The van der Waals surface area contributed by atoms with Crippen molar-refractivity contribution in [1.82, 2.24) is 0 Å². The molecular formula is C12H16O. The minimum Gasteiger partial charge on any atom is -0.294 e. The summed E-state index contributed by atoms with van der Waals surface area (Å²) >= 11 is 0. The lowest BCUT2D eigenvalue weighted by Crippen LogP contribution is -2.00. The predicted octanol–water partition coefficient (Wildman–Crippen LogP) is 3.31. The number of hydrogen-bond donors (Lipinski definition) is 0. The van der Waals surface area contributed by atoms with E-state index in [1.807, 2.05) is 32.0 Å². The Labute approximate surface area is 81.2 Å². The maximum Gasteiger partial charge on any atom is 0.162 e. The lowest BCUT2D eigenvalue weighted by Gasteiger charge is -2.03. The first kappa shape index (κ1) is 8.49. The molecule has 13 heavy (non-hydrogen) atoms. The molecule has 1 atom stereocenters. The molecule has 1 aromatic carbocycles. The van der Waals surface area contributed by atoms with Gasteiger partial charge in [-0.1, -0.05) is 44.2 Å². The summed E-state index contributed by atoms with van der Waals surface area (Å²) in [7, 11) is 0. The van der Waals surface area contributed by atoms with Crippen LogP contribution < -0.4 is 0 Å². The molecule has 0 heterocycles. The summed E-state index contributed by atoms with van der Waals surface area (Å²) in [4.78, 5) is 11.7. The molecule has 1 aromatic rings. The van der Waals surface area contributed by atoms with E-state index in [4.69, 9.17) is 1.37 Å². The zero-order valence-corrected chi connectivity index (χ0v) is 8.16. The molecule has 0 bridgehead atoms. The van der Waals surface area contributed by atoms with E-state index in [-0.39, 0.29) is 5.78 Å². The summed E-state index contributed by atoms with van der Waals surface area (Å²) in [5, 5.41) is 0. The Kier molecular flexibility index (Phi) is 3.14. The van der Waals surface area contributed by atoms with Gasteiger partial charge in [0.05, 0.1) is 0 Å². The lowest BCUT2D eigenvalue weighted by molar-refractivity contribution is 0.0975. The predicted molar refractivity (Wildman–Crippen MR) is 54.8 cm³/mol. The van der Waals surface area contributed by atoms with Gasteiger partial charge in [-0.15, -0.1) is 0 Å². The Morgan fingerprint density at radius 3 is 2.54 bits per heavy atom. The van der Waals surface area contributed by atoms with Gasteiger partial charge in [0.2, 0.25) is 0 Å². The molecule has 0 saturated carbocycles. The molecule has 0 saturated heterocycles. The number of carbonyl (C=O) groups is 1. The number of carbonyl (C=O) groups excluding carboxylic acids is 1. The second-order valence-corrected chi connectivity index (χ2v) is 3.56. The molecular weight excluding hydrogens is 160 g/mol. The monoisotopic (exact) mass is 177 g/mol. The van der Waals surface area contributed by atoms with Crippen molar-refractivity contribution >= 4 is 5.78 Å². The highest BCUT2D eigenvalue weighted by Crippen LogP contribution is 2.09. The molecule has 70 valence electrons. The van der Waals surface area contributed by atoms with Crippen LogP contribution in [0.15, 0.2) is 30.3 Å². The van der Waals surface area contributed by atoms with E-state index in [9.17, 15) is 4.79 Å². The van der Waals surface area contributed by atoms with Crippen LogP contribution in [0.25, 0.3) is 0 Å². The minimum atomic E-state index is -0.614. The average molecular weight is 177 g/mol. The first-order valence-corrected chi connectivity index (χ1v) is 4.62.